The zero-order valence-electron chi connectivity index (χ0n) is 12.0. The molecule has 0 aromatic carbocycles. The number of ether oxygens (including phenoxy) is 1. The third-order valence-corrected chi connectivity index (χ3v) is 4.22. The second kappa shape index (κ2) is 8.44. The topological polar surface area (TPSA) is 71.5 Å². The van der Waals surface area contributed by atoms with Crippen molar-refractivity contribution in [3.63, 3.8) is 0 Å². The van der Waals surface area contributed by atoms with Gasteiger partial charge in [-0.15, -0.1) is 0 Å². The first-order valence-electron chi connectivity index (χ1n) is 6.57. The van der Waals surface area contributed by atoms with Crippen LogP contribution in [0.4, 0.5) is 5.13 Å². The van der Waals surface area contributed by atoms with E-state index in [1.54, 1.807) is 0 Å². The highest BCUT2D eigenvalue weighted by Gasteiger charge is 2.18. The van der Waals surface area contributed by atoms with Crippen LogP contribution in [0.25, 0.3) is 0 Å². The standard InChI is InChI=1S/C13H21ClN2O3S/c1-8(2)6-9(4-5-17)7-15-13-16-11(14)10(20-13)12(18)19-3/h8-9,17H,4-7H2,1-3H3,(H,15,16). The van der Waals surface area contributed by atoms with E-state index in [1.165, 1.54) is 18.4 Å². The van der Waals surface area contributed by atoms with Crippen LogP contribution >= 0.6 is 22.9 Å². The van der Waals surface area contributed by atoms with Crippen LogP contribution in [0.5, 0.6) is 0 Å². The average Bonchev–Trinajstić information content (AvgIpc) is 2.76. The van der Waals surface area contributed by atoms with Crippen LogP contribution in [-0.2, 0) is 4.74 Å². The number of aliphatic hydroxyl groups excluding tert-OH is 1. The minimum absolute atomic E-state index is 0.159. The zero-order chi connectivity index (χ0) is 15.1. The van der Waals surface area contributed by atoms with Crippen LogP contribution < -0.4 is 5.32 Å². The molecule has 1 atom stereocenters. The van der Waals surface area contributed by atoms with E-state index in [9.17, 15) is 4.79 Å². The van der Waals surface area contributed by atoms with Crippen molar-refractivity contribution in [3.05, 3.63) is 10.0 Å². The Hall–Kier alpha value is -0.850. The lowest BCUT2D eigenvalue weighted by Gasteiger charge is -2.18. The number of aliphatic hydroxyl groups is 1. The third kappa shape index (κ3) is 5.26. The van der Waals surface area contributed by atoms with Gasteiger partial charge < -0.3 is 15.2 Å². The van der Waals surface area contributed by atoms with Crippen LogP contribution in [0.15, 0.2) is 0 Å². The van der Waals surface area contributed by atoms with Gasteiger partial charge in [0.05, 0.1) is 7.11 Å². The summed E-state index contributed by atoms with van der Waals surface area (Å²) in [4.78, 5) is 15.8. The molecule has 5 nitrogen and oxygen atoms in total. The summed E-state index contributed by atoms with van der Waals surface area (Å²) in [5.74, 6) is 0.456. The van der Waals surface area contributed by atoms with E-state index < -0.39 is 5.97 Å². The second-order valence-electron chi connectivity index (χ2n) is 5.02. The van der Waals surface area contributed by atoms with Gasteiger partial charge in [0.15, 0.2) is 15.2 Å². The first-order valence-corrected chi connectivity index (χ1v) is 7.76. The Morgan fingerprint density at radius 2 is 2.25 bits per heavy atom. The Morgan fingerprint density at radius 3 is 2.80 bits per heavy atom. The van der Waals surface area contributed by atoms with Crippen molar-refractivity contribution in [2.24, 2.45) is 11.8 Å². The molecule has 1 rings (SSSR count). The van der Waals surface area contributed by atoms with Crippen molar-refractivity contribution in [2.45, 2.75) is 26.7 Å². The highest BCUT2D eigenvalue weighted by molar-refractivity contribution is 7.18. The van der Waals surface area contributed by atoms with Crippen LogP contribution in [0, 0.1) is 11.8 Å². The lowest BCUT2D eigenvalue weighted by Crippen LogP contribution is -2.17. The molecule has 7 heteroatoms. The number of esters is 1. The normalized spacial score (nSPS) is 12.5. The van der Waals surface area contributed by atoms with Gasteiger partial charge in [0.1, 0.15) is 0 Å². The highest BCUT2D eigenvalue weighted by atomic mass is 35.5. The molecular formula is C13H21ClN2O3S. The molecule has 0 radical (unpaired) electrons. The number of carbonyl (C=O) groups excluding carboxylic acids is 1. The Balaban J connectivity index is 2.61. The number of halogens is 1. The van der Waals surface area contributed by atoms with Crippen molar-refractivity contribution in [3.8, 4) is 0 Å². The molecule has 0 saturated heterocycles. The lowest BCUT2D eigenvalue weighted by atomic mass is 9.94. The number of rotatable bonds is 8. The molecule has 0 amide bonds. The molecular weight excluding hydrogens is 300 g/mol. The van der Waals surface area contributed by atoms with Gasteiger partial charge in [-0.05, 0) is 24.7 Å². The summed E-state index contributed by atoms with van der Waals surface area (Å²) in [5.41, 5.74) is 0. The summed E-state index contributed by atoms with van der Waals surface area (Å²) >= 11 is 7.08. The van der Waals surface area contributed by atoms with E-state index in [0.717, 1.165) is 12.8 Å². The molecule has 2 N–H and O–H groups in total. The van der Waals surface area contributed by atoms with Crippen molar-refractivity contribution in [1.29, 1.82) is 0 Å². The van der Waals surface area contributed by atoms with E-state index in [-0.39, 0.29) is 11.8 Å². The van der Waals surface area contributed by atoms with E-state index in [0.29, 0.717) is 28.4 Å². The van der Waals surface area contributed by atoms with Crippen LogP contribution in [0.2, 0.25) is 5.15 Å². The van der Waals surface area contributed by atoms with Gasteiger partial charge in [0, 0.05) is 13.2 Å². The van der Waals surface area contributed by atoms with Crippen LogP contribution in [-0.4, -0.2) is 36.3 Å². The van der Waals surface area contributed by atoms with Crippen molar-refractivity contribution in [2.75, 3.05) is 25.6 Å². The van der Waals surface area contributed by atoms with Crippen molar-refractivity contribution >= 4 is 34.0 Å². The number of nitrogens with zero attached hydrogens (tertiary/aromatic N) is 1. The molecule has 20 heavy (non-hydrogen) atoms. The molecule has 1 aromatic rings. The Morgan fingerprint density at radius 1 is 1.55 bits per heavy atom. The fourth-order valence-electron chi connectivity index (χ4n) is 1.98. The van der Waals surface area contributed by atoms with Crippen LogP contribution in [0.3, 0.4) is 0 Å². The van der Waals surface area contributed by atoms with E-state index in [1.807, 2.05) is 0 Å². The smallest absolute Gasteiger partial charge is 0.351 e. The number of aromatic nitrogens is 1. The molecule has 0 aliphatic rings. The average molecular weight is 321 g/mol. The lowest BCUT2D eigenvalue weighted by molar-refractivity contribution is 0.0606. The fraction of sp³-hybridized carbons (Fsp3) is 0.692. The van der Waals surface area contributed by atoms with Gasteiger partial charge in [-0.25, -0.2) is 9.78 Å². The number of nitrogens with one attached hydrogen (secondary N) is 1. The van der Waals surface area contributed by atoms with Gasteiger partial charge in [0.2, 0.25) is 0 Å². The predicted octanol–water partition coefficient (Wildman–Crippen LogP) is 3.04. The number of hydrogen-bond acceptors (Lipinski definition) is 6. The maximum atomic E-state index is 11.4. The number of anilines is 1. The van der Waals surface area contributed by atoms with Gasteiger partial charge in [0.25, 0.3) is 0 Å². The quantitative estimate of drug-likeness (QED) is 0.720. The summed E-state index contributed by atoms with van der Waals surface area (Å²) < 4.78 is 4.63. The number of hydrogen-bond donors (Lipinski definition) is 2. The molecule has 0 bridgehead atoms. The van der Waals surface area contributed by atoms with Gasteiger partial charge >= 0.3 is 5.97 Å². The minimum Gasteiger partial charge on any atom is -0.465 e. The van der Waals surface area contributed by atoms with E-state index >= 15 is 0 Å². The molecule has 0 aliphatic carbocycles. The predicted molar refractivity (Wildman–Crippen MR) is 81.6 cm³/mol. The summed E-state index contributed by atoms with van der Waals surface area (Å²) in [7, 11) is 1.31. The molecule has 0 spiro atoms. The summed E-state index contributed by atoms with van der Waals surface area (Å²) in [6, 6.07) is 0. The molecule has 1 unspecified atom stereocenters. The molecule has 1 aromatic heterocycles. The molecule has 1 heterocycles. The first-order chi connectivity index (χ1) is 9.47. The summed E-state index contributed by atoms with van der Waals surface area (Å²) in [6.45, 7) is 5.17. The number of methoxy groups -OCH3 is 1. The Labute approximate surface area is 128 Å². The van der Waals surface area contributed by atoms with E-state index in [4.69, 9.17) is 16.7 Å². The Kier molecular flexibility index (Phi) is 7.26. The van der Waals surface area contributed by atoms with Crippen molar-refractivity contribution < 1.29 is 14.6 Å². The number of carbonyl (C=O) groups is 1. The fourth-order valence-corrected chi connectivity index (χ4v) is 3.09. The number of thiazole rings is 1. The van der Waals surface area contributed by atoms with Gasteiger partial charge in [-0.1, -0.05) is 36.8 Å². The van der Waals surface area contributed by atoms with E-state index in [2.05, 4.69) is 28.9 Å². The maximum Gasteiger partial charge on any atom is 0.351 e. The molecule has 0 saturated carbocycles. The summed E-state index contributed by atoms with van der Waals surface area (Å²) in [6.07, 6.45) is 1.77. The largest absolute Gasteiger partial charge is 0.465 e. The van der Waals surface area contributed by atoms with Crippen molar-refractivity contribution in [1.82, 2.24) is 4.98 Å². The molecule has 0 fully saturated rings. The van der Waals surface area contributed by atoms with Crippen LogP contribution in [0.1, 0.15) is 36.4 Å². The summed E-state index contributed by atoms with van der Waals surface area (Å²) in [5, 5.41) is 13.0. The first kappa shape index (κ1) is 17.2. The van der Waals surface area contributed by atoms with Gasteiger partial charge in [-0.3, -0.25) is 0 Å². The second-order valence-corrected chi connectivity index (χ2v) is 6.38. The molecule has 114 valence electrons. The Bertz CT molecular complexity index is 437. The minimum atomic E-state index is -0.477. The monoisotopic (exact) mass is 320 g/mol. The highest BCUT2D eigenvalue weighted by Crippen LogP contribution is 2.28. The SMILES string of the molecule is COC(=O)c1sc(NCC(CCO)CC(C)C)nc1Cl. The zero-order valence-corrected chi connectivity index (χ0v) is 13.6. The maximum absolute atomic E-state index is 11.4. The van der Waals surface area contributed by atoms with Gasteiger partial charge in [-0.2, -0.15) is 0 Å². The third-order valence-electron chi connectivity index (χ3n) is 2.84. The molecule has 0 aliphatic heterocycles.